The van der Waals surface area contributed by atoms with Gasteiger partial charge >= 0.3 is 0 Å². The molecule has 0 saturated carbocycles. The fraction of sp³-hybridized carbons (Fsp3) is 0.0909. The summed E-state index contributed by atoms with van der Waals surface area (Å²) < 4.78 is 6.33. The average Bonchev–Trinajstić information content (AvgIpc) is 2.68. The second-order valence-corrected chi connectivity index (χ2v) is 7.25. The Morgan fingerprint density at radius 2 is 1.52 bits per heavy atom. The van der Waals surface area contributed by atoms with E-state index in [-0.39, 0.29) is 0 Å². The van der Waals surface area contributed by atoms with Crippen LogP contribution in [0.1, 0.15) is 16.7 Å². The van der Waals surface area contributed by atoms with Crippen LogP contribution in [0.15, 0.2) is 77.7 Å². The Balaban J connectivity index is 1.84. The Labute approximate surface area is 157 Å². The van der Waals surface area contributed by atoms with Crippen molar-refractivity contribution in [2.24, 2.45) is 0 Å². The maximum absolute atomic E-state index is 6.33. The van der Waals surface area contributed by atoms with E-state index < -0.39 is 0 Å². The molecule has 0 radical (unpaired) electrons. The van der Waals surface area contributed by atoms with Gasteiger partial charge in [-0.25, -0.2) is 0 Å². The lowest BCUT2D eigenvalue weighted by Crippen LogP contribution is -2.09. The summed E-state index contributed by atoms with van der Waals surface area (Å²) in [5, 5.41) is 0.743. The van der Waals surface area contributed by atoms with Crippen LogP contribution in [0, 0.1) is 0 Å². The minimum absolute atomic E-state index is 0.743. The summed E-state index contributed by atoms with van der Waals surface area (Å²) in [6.45, 7) is 0. The first kappa shape index (κ1) is 16.3. The van der Waals surface area contributed by atoms with Gasteiger partial charge in [-0.15, -0.1) is 11.8 Å². The maximum atomic E-state index is 6.33. The van der Waals surface area contributed by atoms with Gasteiger partial charge in [-0.2, -0.15) is 0 Å². The lowest BCUT2D eigenvalue weighted by Gasteiger charge is -2.24. The van der Waals surface area contributed by atoms with Crippen molar-refractivity contribution in [1.29, 1.82) is 0 Å². The van der Waals surface area contributed by atoms with Crippen molar-refractivity contribution < 1.29 is 4.74 Å². The monoisotopic (exact) mass is 364 g/mol. The molecule has 1 aliphatic rings. The number of ether oxygens (including phenoxy) is 1. The van der Waals surface area contributed by atoms with Gasteiger partial charge in [0.15, 0.2) is 0 Å². The van der Waals surface area contributed by atoms with Crippen molar-refractivity contribution in [3.05, 3.63) is 94.5 Å². The molecule has 1 heterocycles. The number of thioether (sulfide) groups is 1. The summed E-state index contributed by atoms with van der Waals surface area (Å²) in [5.74, 6) is 1.86. The molecular weight excluding hydrogens is 348 g/mol. The average molecular weight is 365 g/mol. The Morgan fingerprint density at radius 1 is 0.840 bits per heavy atom. The van der Waals surface area contributed by atoms with Gasteiger partial charge < -0.3 is 4.74 Å². The molecule has 3 heteroatoms. The molecule has 1 aliphatic heterocycles. The van der Waals surface area contributed by atoms with E-state index in [1.165, 1.54) is 16.0 Å². The van der Waals surface area contributed by atoms with Gasteiger partial charge in [-0.1, -0.05) is 54.1 Å². The predicted molar refractivity (Wildman–Crippen MR) is 107 cm³/mol. The normalized spacial score (nSPS) is 13.4. The molecule has 0 N–H and O–H groups in total. The van der Waals surface area contributed by atoms with Gasteiger partial charge in [-0.05, 0) is 47.7 Å². The number of para-hydroxylation sites is 1. The molecule has 0 spiro atoms. The molecule has 4 rings (SSSR count). The van der Waals surface area contributed by atoms with Gasteiger partial charge in [0, 0.05) is 27.5 Å². The maximum Gasteiger partial charge on any atom is 0.138 e. The first-order chi connectivity index (χ1) is 12.2. The quantitative estimate of drug-likeness (QED) is 0.486. The Kier molecular flexibility index (Phi) is 4.56. The van der Waals surface area contributed by atoms with Crippen LogP contribution in [0.25, 0.3) is 11.3 Å². The van der Waals surface area contributed by atoms with Gasteiger partial charge in [0.2, 0.25) is 0 Å². The minimum atomic E-state index is 0.743. The van der Waals surface area contributed by atoms with E-state index in [0.29, 0.717) is 0 Å². The lowest BCUT2D eigenvalue weighted by atomic mass is 9.92. The number of fused-ring (bicyclic) bond motifs is 1. The molecule has 0 aliphatic carbocycles. The highest BCUT2D eigenvalue weighted by atomic mass is 35.5. The van der Waals surface area contributed by atoms with Crippen molar-refractivity contribution >= 4 is 34.7 Å². The zero-order valence-corrected chi connectivity index (χ0v) is 15.4. The third kappa shape index (κ3) is 3.33. The summed E-state index contributed by atoms with van der Waals surface area (Å²) >= 11 is 7.81. The summed E-state index contributed by atoms with van der Waals surface area (Å²) in [4.78, 5) is 1.24. The Hall–Kier alpha value is -2.16. The van der Waals surface area contributed by atoms with E-state index in [0.717, 1.165) is 34.1 Å². The van der Waals surface area contributed by atoms with E-state index in [9.17, 15) is 0 Å². The smallest absolute Gasteiger partial charge is 0.138 e. The van der Waals surface area contributed by atoms with Crippen molar-refractivity contribution in [2.45, 2.75) is 11.3 Å². The summed E-state index contributed by atoms with van der Waals surface area (Å²) in [5.41, 5.74) is 4.63. The van der Waals surface area contributed by atoms with Crippen LogP contribution < -0.4 is 4.74 Å². The summed E-state index contributed by atoms with van der Waals surface area (Å²) in [7, 11) is 0. The molecule has 1 nitrogen and oxygen atoms in total. The van der Waals surface area contributed by atoms with Crippen LogP contribution >= 0.6 is 23.4 Å². The van der Waals surface area contributed by atoms with Crippen LogP contribution in [0.2, 0.25) is 5.02 Å². The number of benzene rings is 3. The minimum Gasteiger partial charge on any atom is -0.456 e. The summed E-state index contributed by atoms with van der Waals surface area (Å²) in [6.07, 6.45) is 2.93. The first-order valence-electron chi connectivity index (χ1n) is 8.14. The van der Waals surface area contributed by atoms with E-state index in [4.69, 9.17) is 16.3 Å². The first-order valence-corrected chi connectivity index (χ1v) is 9.74. The number of hydrogen-bond donors (Lipinski definition) is 0. The van der Waals surface area contributed by atoms with Crippen molar-refractivity contribution in [2.75, 3.05) is 6.26 Å². The number of halogens is 1. The molecule has 0 aromatic heterocycles. The van der Waals surface area contributed by atoms with Crippen molar-refractivity contribution in [3.8, 4) is 5.75 Å². The molecule has 0 fully saturated rings. The molecule has 0 unspecified atom stereocenters. The highest BCUT2D eigenvalue weighted by Gasteiger charge is 2.22. The molecule has 124 valence electrons. The predicted octanol–water partition coefficient (Wildman–Crippen LogP) is 6.57. The number of rotatable bonds is 3. The van der Waals surface area contributed by atoms with Gasteiger partial charge in [0.25, 0.3) is 0 Å². The van der Waals surface area contributed by atoms with Crippen molar-refractivity contribution in [3.63, 3.8) is 0 Å². The van der Waals surface area contributed by atoms with E-state index in [1.807, 2.05) is 24.3 Å². The molecule has 0 bridgehead atoms. The zero-order chi connectivity index (χ0) is 17.2. The standard InChI is InChI=1S/C22H17ClOS/c1-25-19-12-8-16(9-13-19)22-20(15-6-10-18(23)11-7-15)14-17-4-2-3-5-21(17)24-22/h2-13H,14H2,1H3. The van der Waals surface area contributed by atoms with Crippen LogP contribution in [0.3, 0.4) is 0 Å². The molecule has 3 aromatic carbocycles. The highest BCUT2D eigenvalue weighted by molar-refractivity contribution is 7.98. The topological polar surface area (TPSA) is 9.23 Å². The van der Waals surface area contributed by atoms with E-state index in [1.54, 1.807) is 11.8 Å². The van der Waals surface area contributed by atoms with Crippen molar-refractivity contribution in [1.82, 2.24) is 0 Å². The van der Waals surface area contributed by atoms with Gasteiger partial charge in [-0.3, -0.25) is 0 Å². The SMILES string of the molecule is CSc1ccc(C2=C(c3ccc(Cl)cc3)Cc3ccccc3O2)cc1. The van der Waals surface area contributed by atoms with Crippen LogP contribution in [0.4, 0.5) is 0 Å². The second kappa shape index (κ2) is 6.99. The van der Waals surface area contributed by atoms with Gasteiger partial charge in [0.05, 0.1) is 0 Å². The van der Waals surface area contributed by atoms with Gasteiger partial charge in [0.1, 0.15) is 11.5 Å². The van der Waals surface area contributed by atoms with Crippen LogP contribution in [0.5, 0.6) is 5.75 Å². The number of hydrogen-bond acceptors (Lipinski definition) is 2. The Morgan fingerprint density at radius 3 is 2.24 bits per heavy atom. The third-order valence-electron chi connectivity index (χ3n) is 4.37. The second-order valence-electron chi connectivity index (χ2n) is 5.93. The fourth-order valence-corrected chi connectivity index (χ4v) is 3.59. The highest BCUT2D eigenvalue weighted by Crippen LogP contribution is 2.39. The van der Waals surface area contributed by atoms with Crippen LogP contribution in [-0.2, 0) is 6.42 Å². The third-order valence-corrected chi connectivity index (χ3v) is 5.37. The molecule has 0 saturated heterocycles. The van der Waals surface area contributed by atoms with E-state index in [2.05, 4.69) is 54.8 Å². The van der Waals surface area contributed by atoms with E-state index >= 15 is 0 Å². The molecule has 0 atom stereocenters. The fourth-order valence-electron chi connectivity index (χ4n) is 3.05. The Bertz CT molecular complexity index is 927. The molecule has 3 aromatic rings. The number of allylic oxidation sites excluding steroid dienone is 1. The lowest BCUT2D eigenvalue weighted by molar-refractivity contribution is 0.502. The molecule has 25 heavy (non-hydrogen) atoms. The largest absolute Gasteiger partial charge is 0.456 e. The molecular formula is C22H17ClOS. The zero-order valence-electron chi connectivity index (χ0n) is 13.8. The van der Waals surface area contributed by atoms with Crippen LogP contribution in [-0.4, -0.2) is 6.26 Å². The summed E-state index contributed by atoms with van der Waals surface area (Å²) in [6, 6.07) is 24.7. The molecule has 0 amide bonds.